The molecule has 172 valence electrons. The fraction of sp³-hybridized carbons (Fsp3) is 0.0417. The number of benzene rings is 3. The van der Waals surface area contributed by atoms with E-state index >= 15 is 0 Å². The van der Waals surface area contributed by atoms with Crippen LogP contribution >= 0.6 is 46.4 Å². The summed E-state index contributed by atoms with van der Waals surface area (Å²) in [5.74, 6) is -1.59. The molecule has 0 spiro atoms. The van der Waals surface area contributed by atoms with Crippen molar-refractivity contribution < 1.29 is 19.1 Å². The van der Waals surface area contributed by atoms with Crippen LogP contribution in [0.4, 0.5) is 11.4 Å². The lowest BCUT2D eigenvalue weighted by Crippen LogP contribution is -2.32. The first-order valence-corrected chi connectivity index (χ1v) is 11.3. The van der Waals surface area contributed by atoms with E-state index in [-0.39, 0.29) is 32.0 Å². The van der Waals surface area contributed by atoms with Crippen molar-refractivity contribution in [1.29, 1.82) is 0 Å². The maximum atomic E-state index is 12.9. The van der Waals surface area contributed by atoms with E-state index in [9.17, 15) is 14.4 Å². The van der Waals surface area contributed by atoms with Crippen LogP contribution in [-0.4, -0.2) is 17.8 Å². The highest BCUT2D eigenvalue weighted by Crippen LogP contribution is 2.33. The molecule has 6 nitrogen and oxygen atoms in total. The number of carbonyl (C=O) groups excluding carboxylic acids is 3. The summed E-state index contributed by atoms with van der Waals surface area (Å²) in [4.78, 5) is 38.8. The molecule has 10 heteroatoms. The predicted molar refractivity (Wildman–Crippen MR) is 133 cm³/mol. The lowest BCUT2D eigenvalue weighted by molar-refractivity contribution is -0.120. The van der Waals surface area contributed by atoms with E-state index in [0.29, 0.717) is 16.5 Å². The second-order valence-electron chi connectivity index (χ2n) is 7.27. The van der Waals surface area contributed by atoms with E-state index in [1.54, 1.807) is 37.3 Å². The Morgan fingerprint density at radius 2 is 1.50 bits per heavy atom. The summed E-state index contributed by atoms with van der Waals surface area (Å²) in [5.41, 5.74) is 1.57. The summed E-state index contributed by atoms with van der Waals surface area (Å²) >= 11 is 24.1. The molecule has 0 saturated carbocycles. The Balaban J connectivity index is 1.49. The molecule has 34 heavy (non-hydrogen) atoms. The molecule has 0 aromatic heterocycles. The van der Waals surface area contributed by atoms with Gasteiger partial charge in [-0.3, -0.25) is 9.59 Å². The van der Waals surface area contributed by atoms with Crippen LogP contribution < -0.4 is 15.0 Å². The Morgan fingerprint density at radius 3 is 2.12 bits per heavy atom. The SMILES string of the molecule is Cc1cc(OC(=O)c2ccc(NC3=C(Cl)C(=O)N(c4cc(Cl)cc(Cl)c4)C3=O)cc2)ccc1Cl. The number of ether oxygens (including phenoxy) is 1. The van der Waals surface area contributed by atoms with Crippen LogP contribution in [0, 0.1) is 6.92 Å². The number of nitrogens with zero attached hydrogens (tertiary/aromatic N) is 1. The van der Waals surface area contributed by atoms with Gasteiger partial charge in [0.05, 0.1) is 11.3 Å². The van der Waals surface area contributed by atoms with Crippen LogP contribution in [0.2, 0.25) is 15.1 Å². The van der Waals surface area contributed by atoms with Gasteiger partial charge >= 0.3 is 5.97 Å². The number of amides is 2. The van der Waals surface area contributed by atoms with Gasteiger partial charge in [-0.15, -0.1) is 0 Å². The lowest BCUT2D eigenvalue weighted by Gasteiger charge is -2.16. The van der Waals surface area contributed by atoms with Crippen molar-refractivity contribution >= 4 is 75.6 Å². The first-order valence-electron chi connectivity index (χ1n) is 9.74. The maximum Gasteiger partial charge on any atom is 0.343 e. The zero-order valence-electron chi connectivity index (χ0n) is 17.4. The van der Waals surface area contributed by atoms with Crippen molar-refractivity contribution in [2.24, 2.45) is 0 Å². The highest BCUT2D eigenvalue weighted by Gasteiger charge is 2.39. The Morgan fingerprint density at radius 1 is 0.853 bits per heavy atom. The number of hydrogen-bond donors (Lipinski definition) is 1. The topological polar surface area (TPSA) is 75.7 Å². The fourth-order valence-electron chi connectivity index (χ4n) is 3.19. The Labute approximate surface area is 214 Å². The number of aryl methyl sites for hydroxylation is 1. The third-order valence-corrected chi connectivity index (χ3v) is 6.07. The van der Waals surface area contributed by atoms with Gasteiger partial charge in [-0.2, -0.15) is 0 Å². The van der Waals surface area contributed by atoms with Gasteiger partial charge < -0.3 is 10.1 Å². The lowest BCUT2D eigenvalue weighted by atomic mass is 10.2. The van der Waals surface area contributed by atoms with Crippen molar-refractivity contribution in [2.75, 3.05) is 10.2 Å². The molecule has 0 aliphatic carbocycles. The number of rotatable bonds is 5. The van der Waals surface area contributed by atoms with Gasteiger partial charge in [0.15, 0.2) is 0 Å². The minimum absolute atomic E-state index is 0.116. The van der Waals surface area contributed by atoms with E-state index in [4.69, 9.17) is 51.1 Å². The summed E-state index contributed by atoms with van der Waals surface area (Å²) in [6.45, 7) is 1.80. The largest absolute Gasteiger partial charge is 0.423 e. The molecule has 0 bridgehead atoms. The van der Waals surface area contributed by atoms with Crippen LogP contribution in [0.15, 0.2) is 71.4 Å². The summed E-state index contributed by atoms with van der Waals surface area (Å²) < 4.78 is 5.36. The highest BCUT2D eigenvalue weighted by atomic mass is 35.5. The first kappa shape index (κ1) is 24.1. The van der Waals surface area contributed by atoms with Gasteiger partial charge in [0.2, 0.25) is 0 Å². The molecule has 0 unspecified atom stereocenters. The summed E-state index contributed by atoms with van der Waals surface area (Å²) in [6, 6.07) is 15.4. The molecule has 3 aromatic rings. The van der Waals surface area contributed by atoms with Crippen molar-refractivity contribution in [3.8, 4) is 5.75 Å². The molecule has 1 aliphatic rings. The van der Waals surface area contributed by atoms with E-state index in [2.05, 4.69) is 5.32 Å². The minimum atomic E-state index is -0.717. The number of carbonyl (C=O) groups is 3. The molecule has 1 aliphatic heterocycles. The Hall–Kier alpha value is -3.03. The standard InChI is InChI=1S/C24H14Cl4N2O4/c1-12-8-18(6-7-19(12)27)34-24(33)13-2-4-16(5-3-13)29-21-20(28)22(31)30(23(21)32)17-10-14(25)9-15(26)11-17/h2-11,29H,1H3. The van der Waals surface area contributed by atoms with Gasteiger partial charge in [-0.25, -0.2) is 9.69 Å². The quantitative estimate of drug-likeness (QED) is 0.226. The van der Waals surface area contributed by atoms with Crippen LogP contribution in [0.3, 0.4) is 0 Å². The Bertz CT molecular complexity index is 1350. The first-order chi connectivity index (χ1) is 16.1. The number of nitrogens with one attached hydrogen (secondary N) is 1. The van der Waals surface area contributed by atoms with Crippen LogP contribution in [0.5, 0.6) is 5.75 Å². The van der Waals surface area contributed by atoms with Gasteiger partial charge in [0, 0.05) is 20.8 Å². The zero-order chi connectivity index (χ0) is 24.6. The fourth-order valence-corrected chi connectivity index (χ4v) is 4.04. The number of hydrogen-bond acceptors (Lipinski definition) is 5. The second kappa shape index (κ2) is 9.68. The average molecular weight is 536 g/mol. The predicted octanol–water partition coefficient (Wildman–Crippen LogP) is 6.61. The van der Waals surface area contributed by atoms with Gasteiger partial charge in [0.1, 0.15) is 16.5 Å². The van der Waals surface area contributed by atoms with Gasteiger partial charge in [-0.1, -0.05) is 46.4 Å². The molecule has 3 aromatic carbocycles. The van der Waals surface area contributed by atoms with Crippen molar-refractivity contribution in [1.82, 2.24) is 0 Å². The van der Waals surface area contributed by atoms with E-state index in [1.165, 1.54) is 30.3 Å². The van der Waals surface area contributed by atoms with E-state index in [1.807, 2.05) is 0 Å². The second-order valence-corrected chi connectivity index (χ2v) is 8.92. The molecular formula is C24H14Cl4N2O4. The van der Waals surface area contributed by atoms with Gasteiger partial charge in [-0.05, 0) is 73.2 Å². The highest BCUT2D eigenvalue weighted by molar-refractivity contribution is 6.53. The van der Waals surface area contributed by atoms with E-state index < -0.39 is 17.8 Å². The summed E-state index contributed by atoms with van der Waals surface area (Å²) in [7, 11) is 0. The van der Waals surface area contributed by atoms with Crippen LogP contribution in [-0.2, 0) is 9.59 Å². The monoisotopic (exact) mass is 534 g/mol. The third kappa shape index (κ3) is 4.91. The summed E-state index contributed by atoms with van der Waals surface area (Å²) in [6.07, 6.45) is 0. The zero-order valence-corrected chi connectivity index (χ0v) is 20.4. The van der Waals surface area contributed by atoms with Crippen molar-refractivity contribution in [3.05, 3.63) is 97.6 Å². The molecule has 1 N–H and O–H groups in total. The van der Waals surface area contributed by atoms with Gasteiger partial charge in [0.25, 0.3) is 11.8 Å². The smallest absolute Gasteiger partial charge is 0.343 e. The number of halogens is 4. The molecule has 0 fully saturated rings. The van der Waals surface area contributed by atoms with Crippen molar-refractivity contribution in [2.45, 2.75) is 6.92 Å². The molecule has 0 atom stereocenters. The number of imide groups is 1. The minimum Gasteiger partial charge on any atom is -0.423 e. The van der Waals surface area contributed by atoms with Crippen molar-refractivity contribution in [3.63, 3.8) is 0 Å². The Kier molecular flexibility index (Phi) is 6.86. The number of esters is 1. The molecular weight excluding hydrogens is 522 g/mol. The maximum absolute atomic E-state index is 12.9. The molecule has 2 amide bonds. The molecule has 1 heterocycles. The normalized spacial score (nSPS) is 13.5. The average Bonchev–Trinajstić information content (AvgIpc) is 2.99. The van der Waals surface area contributed by atoms with Crippen LogP contribution in [0.1, 0.15) is 15.9 Å². The number of anilines is 2. The molecule has 0 saturated heterocycles. The molecule has 4 rings (SSSR count). The van der Waals surface area contributed by atoms with Crippen LogP contribution in [0.25, 0.3) is 0 Å². The summed E-state index contributed by atoms with van der Waals surface area (Å²) in [5, 5.41) is 3.63. The molecule has 0 radical (unpaired) electrons. The third-order valence-electron chi connectivity index (χ3n) is 4.86. The van der Waals surface area contributed by atoms with E-state index in [0.717, 1.165) is 10.5 Å².